The molecule has 0 aromatic heterocycles. The molecule has 1 aliphatic carbocycles. The van der Waals surface area contributed by atoms with Gasteiger partial charge in [0, 0.05) is 18.9 Å². The molecule has 0 aliphatic heterocycles. The molecular weight excluding hydrogens is 432 g/mol. The molecule has 3 rings (SSSR count). The first-order chi connectivity index (χ1) is 16.4. The van der Waals surface area contributed by atoms with Crippen LogP contribution in [0.2, 0.25) is 0 Å². The van der Waals surface area contributed by atoms with E-state index in [4.69, 9.17) is 16.3 Å². The van der Waals surface area contributed by atoms with Crippen LogP contribution >= 0.6 is 0 Å². The number of hydrogen-bond donors (Lipinski definition) is 2. The molecule has 1 aliphatic rings. The monoisotopic (exact) mass is 462 g/mol. The smallest absolute Gasteiger partial charge is 0.407 e. The number of nitrogens with zero attached hydrogens (tertiary/aromatic N) is 1. The number of carbonyl (C=O) groups is 3. The number of amides is 2. The van der Waals surface area contributed by atoms with Crippen LogP contribution in [0.15, 0.2) is 48.5 Å². The van der Waals surface area contributed by atoms with Gasteiger partial charge >= 0.3 is 12.1 Å². The third kappa shape index (κ3) is 6.38. The van der Waals surface area contributed by atoms with Gasteiger partial charge in [-0.1, -0.05) is 61.4 Å². The molecule has 2 N–H and O–H groups in total. The van der Waals surface area contributed by atoms with E-state index in [1.165, 1.54) is 11.1 Å². The van der Waals surface area contributed by atoms with Crippen molar-refractivity contribution in [1.82, 2.24) is 10.2 Å². The highest BCUT2D eigenvalue weighted by Crippen LogP contribution is 2.44. The van der Waals surface area contributed by atoms with Gasteiger partial charge in [0.15, 0.2) is 0 Å². The molecule has 0 heterocycles. The van der Waals surface area contributed by atoms with E-state index < -0.39 is 18.6 Å². The highest BCUT2D eigenvalue weighted by molar-refractivity contribution is 5.81. The van der Waals surface area contributed by atoms with Gasteiger partial charge in [-0.05, 0) is 41.0 Å². The first kappa shape index (κ1) is 24.8. The summed E-state index contributed by atoms with van der Waals surface area (Å²) in [5.74, 6) is 1.11. The van der Waals surface area contributed by atoms with Gasteiger partial charge in [-0.15, -0.1) is 6.42 Å². The molecule has 34 heavy (non-hydrogen) atoms. The lowest BCUT2D eigenvalue weighted by atomic mass is 9.98. The van der Waals surface area contributed by atoms with E-state index in [-0.39, 0.29) is 37.3 Å². The quantitative estimate of drug-likeness (QED) is 0.494. The largest absolute Gasteiger partial charge is 0.480 e. The fraction of sp³-hybridized carbons (Fsp3) is 0.370. The van der Waals surface area contributed by atoms with E-state index in [0.29, 0.717) is 19.4 Å². The van der Waals surface area contributed by atoms with Crippen molar-refractivity contribution in [2.45, 2.75) is 32.1 Å². The molecule has 2 aromatic rings. The van der Waals surface area contributed by atoms with Gasteiger partial charge in [-0.3, -0.25) is 9.59 Å². The summed E-state index contributed by atoms with van der Waals surface area (Å²) in [6, 6.07) is 16.4. The highest BCUT2D eigenvalue weighted by Gasteiger charge is 2.29. The number of carboxylic acid groups (broad SMARTS) is 1. The summed E-state index contributed by atoms with van der Waals surface area (Å²) in [6.07, 6.45) is 6.21. The van der Waals surface area contributed by atoms with Crippen molar-refractivity contribution in [3.8, 4) is 23.5 Å². The van der Waals surface area contributed by atoms with Gasteiger partial charge in [-0.25, -0.2) is 4.79 Å². The predicted octanol–water partition coefficient (Wildman–Crippen LogP) is 3.88. The van der Waals surface area contributed by atoms with Crippen LogP contribution in [0.1, 0.15) is 43.2 Å². The molecular formula is C27H30N2O5. The van der Waals surface area contributed by atoms with E-state index in [2.05, 4.69) is 35.5 Å². The van der Waals surface area contributed by atoms with Gasteiger partial charge in [0.25, 0.3) is 0 Å². The first-order valence-electron chi connectivity index (χ1n) is 11.4. The summed E-state index contributed by atoms with van der Waals surface area (Å²) in [4.78, 5) is 36.5. The minimum atomic E-state index is -1.09. The number of rotatable bonds is 11. The Morgan fingerprint density at radius 1 is 1.09 bits per heavy atom. The number of carbonyl (C=O) groups excluding carboxylic acids is 2. The number of ether oxygens (including phenoxy) is 1. The lowest BCUT2D eigenvalue weighted by Crippen LogP contribution is -2.36. The van der Waals surface area contributed by atoms with Crippen LogP contribution < -0.4 is 5.32 Å². The topological polar surface area (TPSA) is 95.9 Å². The average Bonchev–Trinajstić information content (AvgIpc) is 3.14. The van der Waals surface area contributed by atoms with E-state index in [9.17, 15) is 14.4 Å². The Morgan fingerprint density at radius 3 is 2.29 bits per heavy atom. The Balaban J connectivity index is 1.40. The number of terminal acetylenes is 1. The Morgan fingerprint density at radius 2 is 1.71 bits per heavy atom. The summed E-state index contributed by atoms with van der Waals surface area (Å²) in [7, 11) is 0. The number of alkyl carbamates (subject to hydrolysis) is 1. The summed E-state index contributed by atoms with van der Waals surface area (Å²) in [6.45, 7) is 2.24. The molecule has 178 valence electrons. The molecule has 0 saturated heterocycles. The predicted molar refractivity (Wildman–Crippen MR) is 129 cm³/mol. The average molecular weight is 463 g/mol. The molecule has 1 atom stereocenters. The minimum Gasteiger partial charge on any atom is -0.480 e. The van der Waals surface area contributed by atoms with Gasteiger partial charge in [0.1, 0.15) is 13.2 Å². The number of aliphatic carboxylic acids is 1. The fourth-order valence-corrected chi connectivity index (χ4v) is 4.25. The SMILES string of the molecule is C#CCN(CC(=O)O)C(=O)CCC(C)CCNC(=O)OCC1c2ccccc2-c2ccccc21. The number of fused-ring (bicyclic) bond motifs is 3. The third-order valence-corrected chi connectivity index (χ3v) is 6.06. The Labute approximate surface area is 200 Å². The zero-order valence-electron chi connectivity index (χ0n) is 19.3. The van der Waals surface area contributed by atoms with E-state index in [1.807, 2.05) is 31.2 Å². The number of benzene rings is 2. The fourth-order valence-electron chi connectivity index (χ4n) is 4.25. The Hall–Kier alpha value is -3.79. The van der Waals surface area contributed by atoms with Gasteiger partial charge in [0.05, 0.1) is 6.54 Å². The maximum atomic E-state index is 12.3. The van der Waals surface area contributed by atoms with Gasteiger partial charge in [0.2, 0.25) is 5.91 Å². The normalized spacial score (nSPS) is 12.7. The van der Waals surface area contributed by atoms with Crippen LogP contribution in [0.25, 0.3) is 11.1 Å². The van der Waals surface area contributed by atoms with E-state index in [1.54, 1.807) is 0 Å². The van der Waals surface area contributed by atoms with Crippen LogP contribution in [-0.2, 0) is 14.3 Å². The van der Waals surface area contributed by atoms with Crippen molar-refractivity contribution in [2.24, 2.45) is 5.92 Å². The molecule has 1 unspecified atom stereocenters. The van der Waals surface area contributed by atoms with Crippen LogP contribution in [0, 0.1) is 18.3 Å². The van der Waals surface area contributed by atoms with Crippen molar-refractivity contribution in [3.63, 3.8) is 0 Å². The lowest BCUT2D eigenvalue weighted by Gasteiger charge is -2.19. The maximum absolute atomic E-state index is 12.3. The van der Waals surface area contributed by atoms with Gasteiger partial charge in [-0.2, -0.15) is 0 Å². The Bertz CT molecular complexity index is 1030. The first-order valence-corrected chi connectivity index (χ1v) is 11.4. The summed E-state index contributed by atoms with van der Waals surface area (Å²) in [5, 5.41) is 11.7. The minimum absolute atomic E-state index is 0.0137. The van der Waals surface area contributed by atoms with Crippen LogP contribution in [-0.4, -0.2) is 54.2 Å². The van der Waals surface area contributed by atoms with Crippen molar-refractivity contribution in [1.29, 1.82) is 0 Å². The lowest BCUT2D eigenvalue weighted by molar-refractivity contribution is -0.144. The van der Waals surface area contributed by atoms with Crippen molar-refractivity contribution in [3.05, 3.63) is 59.7 Å². The van der Waals surface area contributed by atoms with Crippen molar-refractivity contribution >= 4 is 18.0 Å². The summed E-state index contributed by atoms with van der Waals surface area (Å²) >= 11 is 0. The molecule has 7 nitrogen and oxygen atoms in total. The molecule has 0 bridgehead atoms. The van der Waals surface area contributed by atoms with Gasteiger partial charge < -0.3 is 20.1 Å². The molecule has 7 heteroatoms. The standard InChI is InChI=1S/C27H30N2O5/c1-3-16-29(17-26(31)32)25(30)13-12-19(2)14-15-28-27(33)34-18-24-22-10-6-4-8-20(22)21-9-5-7-11-23(21)24/h1,4-11,19,24H,12-18H2,2H3,(H,28,33)(H,31,32). The number of carboxylic acids is 1. The molecule has 0 spiro atoms. The second kappa shape index (κ2) is 11.9. The molecule has 2 aromatic carbocycles. The van der Waals surface area contributed by atoms with Crippen molar-refractivity contribution < 1.29 is 24.2 Å². The maximum Gasteiger partial charge on any atom is 0.407 e. The molecule has 0 radical (unpaired) electrons. The second-order valence-electron chi connectivity index (χ2n) is 8.53. The number of hydrogen-bond acceptors (Lipinski definition) is 4. The Kier molecular flexibility index (Phi) is 8.69. The number of nitrogens with one attached hydrogen (secondary N) is 1. The van der Waals surface area contributed by atoms with Crippen LogP contribution in [0.3, 0.4) is 0 Å². The molecule has 2 amide bonds. The highest BCUT2D eigenvalue weighted by atomic mass is 16.5. The molecule has 0 saturated carbocycles. The van der Waals surface area contributed by atoms with Crippen LogP contribution in [0.5, 0.6) is 0 Å². The summed E-state index contributed by atoms with van der Waals surface area (Å²) < 4.78 is 5.53. The van der Waals surface area contributed by atoms with Crippen LogP contribution in [0.4, 0.5) is 4.79 Å². The van der Waals surface area contributed by atoms with Crippen molar-refractivity contribution in [2.75, 3.05) is 26.2 Å². The second-order valence-corrected chi connectivity index (χ2v) is 8.53. The van der Waals surface area contributed by atoms with E-state index >= 15 is 0 Å². The summed E-state index contributed by atoms with van der Waals surface area (Å²) in [5.41, 5.74) is 4.69. The zero-order valence-corrected chi connectivity index (χ0v) is 19.3. The zero-order chi connectivity index (χ0) is 24.5. The third-order valence-electron chi connectivity index (χ3n) is 6.06. The van der Waals surface area contributed by atoms with E-state index in [0.717, 1.165) is 16.0 Å². The molecule has 0 fully saturated rings.